The van der Waals surface area contributed by atoms with Crippen LogP contribution in [0.5, 0.6) is 11.5 Å². The maximum atomic E-state index is 9.38. The fourth-order valence-electron chi connectivity index (χ4n) is 1.82. The maximum Gasteiger partial charge on any atom is 0.119 e. The SMILES string of the molecule is OC(CCl)COc1ccc(Sc2ccc(OCC(O)CCl)cc2)cc1.S.S. The van der Waals surface area contributed by atoms with Gasteiger partial charge in [-0.25, -0.2) is 0 Å². The van der Waals surface area contributed by atoms with Gasteiger partial charge >= 0.3 is 0 Å². The van der Waals surface area contributed by atoms with E-state index in [1.807, 2.05) is 48.5 Å². The van der Waals surface area contributed by atoms with Gasteiger partial charge in [0.1, 0.15) is 36.9 Å². The van der Waals surface area contributed by atoms with Crippen LogP contribution in [0, 0.1) is 0 Å². The number of aliphatic hydroxyl groups excluding tert-OH is 2. The van der Waals surface area contributed by atoms with E-state index in [9.17, 15) is 10.2 Å². The van der Waals surface area contributed by atoms with Gasteiger partial charge in [0.05, 0.1) is 11.8 Å². The molecule has 2 unspecified atom stereocenters. The highest BCUT2D eigenvalue weighted by atomic mass is 35.5. The molecule has 2 rings (SSSR count). The van der Waals surface area contributed by atoms with Gasteiger partial charge in [-0.2, -0.15) is 27.0 Å². The molecule has 0 bridgehead atoms. The Morgan fingerprint density at radius 1 is 0.704 bits per heavy atom. The van der Waals surface area contributed by atoms with Gasteiger partial charge in [0, 0.05) is 9.79 Å². The highest BCUT2D eigenvalue weighted by Gasteiger charge is 2.05. The van der Waals surface area contributed by atoms with E-state index in [1.165, 1.54) is 0 Å². The number of hydrogen-bond donors (Lipinski definition) is 2. The largest absolute Gasteiger partial charge is 0.491 e. The van der Waals surface area contributed by atoms with E-state index in [2.05, 4.69) is 0 Å². The molecule has 9 heteroatoms. The van der Waals surface area contributed by atoms with Crippen LogP contribution >= 0.6 is 62.0 Å². The van der Waals surface area contributed by atoms with Crippen LogP contribution in [0.1, 0.15) is 0 Å². The van der Waals surface area contributed by atoms with E-state index >= 15 is 0 Å². The summed E-state index contributed by atoms with van der Waals surface area (Å²) in [6, 6.07) is 15.2. The van der Waals surface area contributed by atoms with Gasteiger partial charge in [-0.05, 0) is 48.5 Å². The molecule has 0 saturated heterocycles. The summed E-state index contributed by atoms with van der Waals surface area (Å²) in [6.07, 6.45) is -1.33. The van der Waals surface area contributed by atoms with Crippen molar-refractivity contribution in [2.45, 2.75) is 22.0 Å². The fourth-order valence-corrected chi connectivity index (χ4v) is 2.81. The molecular formula is C18H24Cl2O4S3. The van der Waals surface area contributed by atoms with Gasteiger partial charge in [0.15, 0.2) is 0 Å². The number of halogens is 2. The lowest BCUT2D eigenvalue weighted by Crippen LogP contribution is -2.18. The number of ether oxygens (including phenoxy) is 2. The van der Waals surface area contributed by atoms with Crippen molar-refractivity contribution in [2.24, 2.45) is 0 Å². The first-order chi connectivity index (χ1) is 12.1. The number of alkyl halides is 2. The van der Waals surface area contributed by atoms with Gasteiger partial charge in [-0.1, -0.05) is 11.8 Å². The molecule has 0 heterocycles. The quantitative estimate of drug-likeness (QED) is 0.513. The molecule has 0 radical (unpaired) electrons. The summed E-state index contributed by atoms with van der Waals surface area (Å²) in [5, 5.41) is 18.8. The van der Waals surface area contributed by atoms with Crippen LogP contribution in [-0.4, -0.2) is 47.4 Å². The second kappa shape index (κ2) is 14.6. The Hall–Kier alpha value is -0.410. The molecule has 0 saturated carbocycles. The molecule has 2 N–H and O–H groups in total. The summed E-state index contributed by atoms with van der Waals surface area (Å²) in [5.74, 6) is 1.68. The Bertz CT molecular complexity index is 574. The van der Waals surface area contributed by atoms with Crippen LogP contribution in [0.25, 0.3) is 0 Å². The Balaban J connectivity index is 0.00000338. The Morgan fingerprint density at radius 3 is 1.33 bits per heavy atom. The topological polar surface area (TPSA) is 58.9 Å². The zero-order valence-corrected chi connectivity index (χ0v) is 18.8. The normalized spacial score (nSPS) is 12.3. The first-order valence-electron chi connectivity index (χ1n) is 7.72. The minimum Gasteiger partial charge on any atom is -0.491 e. The Kier molecular flexibility index (Phi) is 14.3. The molecule has 152 valence electrons. The Morgan fingerprint density at radius 2 is 1.04 bits per heavy atom. The summed E-state index contributed by atoms with van der Waals surface area (Å²) in [4.78, 5) is 2.13. The second-order valence-corrected chi connectivity index (χ2v) is 7.05. The third-order valence-corrected chi connectivity index (χ3v) is 4.85. The predicted octanol–water partition coefficient (Wildman–Crippen LogP) is 4.02. The molecule has 0 aliphatic rings. The molecule has 2 aromatic rings. The lowest BCUT2D eigenvalue weighted by molar-refractivity contribution is 0.125. The first kappa shape index (κ1) is 26.6. The lowest BCUT2D eigenvalue weighted by Gasteiger charge is -2.11. The molecule has 0 aliphatic carbocycles. The molecule has 0 aliphatic heterocycles. The molecule has 2 aromatic carbocycles. The molecule has 0 spiro atoms. The average Bonchev–Trinajstić information content (AvgIpc) is 2.66. The van der Waals surface area contributed by atoms with Crippen LogP contribution in [0.15, 0.2) is 58.3 Å². The van der Waals surface area contributed by atoms with Crippen LogP contribution in [0.2, 0.25) is 0 Å². The summed E-state index contributed by atoms with van der Waals surface area (Å²) in [6.45, 7) is 0.353. The number of hydrogen-bond acceptors (Lipinski definition) is 5. The van der Waals surface area contributed by atoms with E-state index in [0.29, 0.717) is 11.5 Å². The van der Waals surface area contributed by atoms with Crippen molar-refractivity contribution in [3.8, 4) is 11.5 Å². The zero-order chi connectivity index (χ0) is 18.1. The summed E-state index contributed by atoms with van der Waals surface area (Å²) < 4.78 is 10.9. The van der Waals surface area contributed by atoms with Crippen LogP contribution in [0.3, 0.4) is 0 Å². The van der Waals surface area contributed by atoms with Crippen LogP contribution < -0.4 is 9.47 Å². The average molecular weight is 471 g/mol. The van der Waals surface area contributed by atoms with Gasteiger partial charge in [-0.15, -0.1) is 23.2 Å². The van der Waals surface area contributed by atoms with Gasteiger partial charge < -0.3 is 19.7 Å². The van der Waals surface area contributed by atoms with E-state index in [-0.39, 0.29) is 52.0 Å². The van der Waals surface area contributed by atoms with E-state index in [1.54, 1.807) is 11.8 Å². The van der Waals surface area contributed by atoms with E-state index in [0.717, 1.165) is 9.79 Å². The number of aliphatic hydroxyl groups is 2. The maximum absolute atomic E-state index is 9.38. The highest BCUT2D eigenvalue weighted by molar-refractivity contribution is 7.99. The van der Waals surface area contributed by atoms with Crippen molar-refractivity contribution in [3.05, 3.63) is 48.5 Å². The molecule has 2 atom stereocenters. The molecule has 4 nitrogen and oxygen atoms in total. The number of rotatable bonds is 10. The number of benzene rings is 2. The summed E-state index contributed by atoms with van der Waals surface area (Å²) in [5.41, 5.74) is 0. The summed E-state index contributed by atoms with van der Waals surface area (Å²) >= 11 is 12.7. The monoisotopic (exact) mass is 470 g/mol. The highest BCUT2D eigenvalue weighted by Crippen LogP contribution is 2.30. The third-order valence-electron chi connectivity index (χ3n) is 3.12. The van der Waals surface area contributed by atoms with Gasteiger partial charge in [0.2, 0.25) is 0 Å². The molecular weight excluding hydrogens is 447 g/mol. The molecule has 27 heavy (non-hydrogen) atoms. The Labute approximate surface area is 188 Å². The molecule has 0 fully saturated rings. The van der Waals surface area contributed by atoms with Gasteiger partial charge in [0.25, 0.3) is 0 Å². The van der Waals surface area contributed by atoms with Crippen molar-refractivity contribution in [1.82, 2.24) is 0 Å². The van der Waals surface area contributed by atoms with Crippen LogP contribution in [-0.2, 0) is 0 Å². The molecule has 0 amide bonds. The minimum atomic E-state index is -0.665. The first-order valence-corrected chi connectivity index (χ1v) is 9.61. The van der Waals surface area contributed by atoms with E-state index < -0.39 is 12.2 Å². The predicted molar refractivity (Wildman–Crippen MR) is 122 cm³/mol. The summed E-state index contributed by atoms with van der Waals surface area (Å²) in [7, 11) is 0. The molecule has 0 aromatic heterocycles. The van der Waals surface area contributed by atoms with E-state index in [4.69, 9.17) is 32.7 Å². The van der Waals surface area contributed by atoms with Crippen molar-refractivity contribution < 1.29 is 19.7 Å². The van der Waals surface area contributed by atoms with Crippen molar-refractivity contribution in [2.75, 3.05) is 25.0 Å². The lowest BCUT2D eigenvalue weighted by atomic mass is 10.3. The standard InChI is InChI=1S/C18H20Cl2O4S.2H2S/c19-9-13(21)11-23-15-1-5-17(6-2-15)25-18-7-3-16(4-8-18)24-12-14(22)10-20;;/h1-8,13-14,21-22H,9-12H2;2*1H2. The van der Waals surface area contributed by atoms with Crippen LogP contribution in [0.4, 0.5) is 0 Å². The van der Waals surface area contributed by atoms with Crippen molar-refractivity contribution in [3.63, 3.8) is 0 Å². The van der Waals surface area contributed by atoms with Crippen molar-refractivity contribution >= 4 is 62.0 Å². The van der Waals surface area contributed by atoms with Crippen molar-refractivity contribution in [1.29, 1.82) is 0 Å². The fraction of sp³-hybridized carbons (Fsp3) is 0.333. The minimum absolute atomic E-state index is 0. The third kappa shape index (κ3) is 10.1. The zero-order valence-electron chi connectivity index (χ0n) is 14.5. The second-order valence-electron chi connectivity index (χ2n) is 5.28. The smallest absolute Gasteiger partial charge is 0.119 e. The van der Waals surface area contributed by atoms with Gasteiger partial charge in [-0.3, -0.25) is 0 Å².